The van der Waals surface area contributed by atoms with Gasteiger partial charge in [0.05, 0.1) is 17.6 Å². The van der Waals surface area contributed by atoms with E-state index in [4.69, 9.17) is 4.74 Å². The molecule has 4 fully saturated rings. The van der Waals surface area contributed by atoms with Gasteiger partial charge in [0.15, 0.2) is 0 Å². The summed E-state index contributed by atoms with van der Waals surface area (Å²) in [6.07, 6.45) is 9.05. The van der Waals surface area contributed by atoms with Gasteiger partial charge in [-0.05, 0) is 81.5 Å². The van der Waals surface area contributed by atoms with Gasteiger partial charge in [0.25, 0.3) is 5.91 Å². The predicted molar refractivity (Wildman–Crippen MR) is 131 cm³/mol. The topological polar surface area (TPSA) is 119 Å². The molecule has 37 heavy (non-hydrogen) atoms. The van der Waals surface area contributed by atoms with Crippen molar-refractivity contribution in [3.05, 3.63) is 66.3 Å². The number of hydrogen-bond acceptors (Lipinski definition) is 7. The fourth-order valence-corrected chi connectivity index (χ4v) is 6.94. The van der Waals surface area contributed by atoms with Crippen molar-refractivity contribution < 1.29 is 18.7 Å². The third-order valence-electron chi connectivity index (χ3n) is 7.77. The van der Waals surface area contributed by atoms with Crippen LogP contribution in [0.5, 0.6) is 5.88 Å². The van der Waals surface area contributed by atoms with Crippen LogP contribution >= 0.6 is 0 Å². The lowest BCUT2D eigenvalue weighted by atomic mass is 9.50. The van der Waals surface area contributed by atoms with Crippen LogP contribution in [0.25, 0.3) is 11.3 Å². The molecule has 0 radical (unpaired) electrons. The lowest BCUT2D eigenvalue weighted by Gasteiger charge is -2.61. The van der Waals surface area contributed by atoms with Crippen molar-refractivity contribution in [3.63, 3.8) is 0 Å². The molecule has 2 aromatic heterocycles. The normalized spacial score (nSPS) is 27.5. The summed E-state index contributed by atoms with van der Waals surface area (Å²) in [6, 6.07) is 7.45. The molecule has 2 N–H and O–H groups in total. The van der Waals surface area contributed by atoms with E-state index in [9.17, 15) is 14.0 Å². The number of benzene rings is 1. The smallest absolute Gasteiger partial charge is 0.391 e. The van der Waals surface area contributed by atoms with Gasteiger partial charge in [-0.15, -0.1) is 0 Å². The molecule has 2 unspecified atom stereocenters. The van der Waals surface area contributed by atoms with E-state index in [1.54, 1.807) is 31.3 Å². The van der Waals surface area contributed by atoms with Crippen molar-refractivity contribution in [3.8, 4) is 17.1 Å². The first-order valence-electron chi connectivity index (χ1n) is 12.5. The molecular formula is C27H27FN6O3. The highest BCUT2D eigenvalue weighted by Gasteiger charge is 2.59. The van der Waals surface area contributed by atoms with Crippen LogP contribution in [-0.2, 0) is 0 Å². The number of carbonyl (C=O) groups is 2. The van der Waals surface area contributed by atoms with Gasteiger partial charge in [-0.25, -0.2) is 24.1 Å². The minimum atomic E-state index is -0.586. The van der Waals surface area contributed by atoms with Gasteiger partial charge in [-0.2, -0.15) is 0 Å². The van der Waals surface area contributed by atoms with Gasteiger partial charge >= 0.3 is 6.09 Å². The Balaban J connectivity index is 1.17. The highest BCUT2D eigenvalue weighted by Crippen LogP contribution is 2.57. The lowest BCUT2D eigenvalue weighted by Crippen LogP contribution is -2.70. The Morgan fingerprint density at radius 2 is 1.70 bits per heavy atom. The predicted octanol–water partition coefficient (Wildman–Crippen LogP) is 3.99. The molecule has 10 heteroatoms. The maximum absolute atomic E-state index is 13.3. The lowest BCUT2D eigenvalue weighted by molar-refractivity contribution is -0.0450. The summed E-state index contributed by atoms with van der Waals surface area (Å²) in [5.74, 6) is 0.358. The number of nitrogens with zero attached hydrogens (tertiary/aromatic N) is 4. The molecule has 7 rings (SSSR count). The zero-order valence-electron chi connectivity index (χ0n) is 20.4. The van der Waals surface area contributed by atoms with Crippen molar-refractivity contribution in [1.82, 2.24) is 30.6 Å². The number of rotatable bonds is 5. The number of aromatic nitrogens is 4. The molecule has 0 spiro atoms. The van der Waals surface area contributed by atoms with Gasteiger partial charge in [-0.1, -0.05) is 0 Å². The van der Waals surface area contributed by atoms with E-state index < -0.39 is 17.2 Å². The Morgan fingerprint density at radius 3 is 2.41 bits per heavy atom. The van der Waals surface area contributed by atoms with Crippen molar-refractivity contribution >= 4 is 12.0 Å². The monoisotopic (exact) mass is 502 g/mol. The Kier molecular flexibility index (Phi) is 5.62. The second-order valence-corrected chi connectivity index (χ2v) is 10.8. The van der Waals surface area contributed by atoms with Crippen LogP contribution < -0.4 is 15.4 Å². The standard InChI is InChI=1S/C27H27FN6O3/c1-16-12-29-13-22(32-16)24(35)33-26-8-17-6-18(9-26)11-27(10-17,14-26)34-25(36)37-23-7-21(30-15-31-23)19-2-4-20(28)5-3-19/h2-5,7,12-13,15,17-18H,6,8-11,14H2,1H3,(H,33,35)(H,34,36). The maximum Gasteiger partial charge on any atom is 0.414 e. The Bertz CT molecular complexity index is 1350. The second-order valence-electron chi connectivity index (χ2n) is 10.8. The highest BCUT2D eigenvalue weighted by molar-refractivity contribution is 5.92. The van der Waals surface area contributed by atoms with E-state index in [2.05, 4.69) is 30.6 Å². The van der Waals surface area contributed by atoms with Gasteiger partial charge < -0.3 is 15.4 Å². The van der Waals surface area contributed by atoms with Gasteiger partial charge in [-0.3, -0.25) is 9.78 Å². The summed E-state index contributed by atoms with van der Waals surface area (Å²) in [7, 11) is 0. The van der Waals surface area contributed by atoms with Crippen molar-refractivity contribution in [2.24, 2.45) is 11.8 Å². The van der Waals surface area contributed by atoms with E-state index in [1.807, 2.05) is 0 Å². The fourth-order valence-electron chi connectivity index (χ4n) is 6.94. The van der Waals surface area contributed by atoms with Gasteiger partial charge in [0.1, 0.15) is 17.8 Å². The summed E-state index contributed by atoms with van der Waals surface area (Å²) in [5.41, 5.74) is 1.34. The quantitative estimate of drug-likeness (QED) is 0.541. The average Bonchev–Trinajstić information content (AvgIpc) is 2.83. The zero-order valence-corrected chi connectivity index (χ0v) is 20.4. The second kappa shape index (κ2) is 8.86. The molecule has 3 aromatic rings. The number of nitrogens with one attached hydrogen (secondary N) is 2. The Hall–Kier alpha value is -3.95. The molecule has 0 saturated heterocycles. The van der Waals surface area contributed by atoms with Crippen LogP contribution in [-0.4, -0.2) is 43.0 Å². The molecule has 4 saturated carbocycles. The van der Waals surface area contributed by atoms with Gasteiger partial charge in [0.2, 0.25) is 5.88 Å². The SMILES string of the molecule is Cc1cncc(C(=O)NC23CC4CC(CC(NC(=O)Oc5cc(-c6ccc(F)cc6)ncn5)(C4)C2)C3)n1. The van der Waals surface area contributed by atoms with Gasteiger partial charge in [0, 0.05) is 28.9 Å². The van der Waals surface area contributed by atoms with Crippen LogP contribution in [0, 0.1) is 24.6 Å². The molecule has 190 valence electrons. The summed E-state index contributed by atoms with van der Waals surface area (Å²) >= 11 is 0. The van der Waals surface area contributed by atoms with Crippen LogP contribution in [0.2, 0.25) is 0 Å². The average molecular weight is 503 g/mol. The third kappa shape index (κ3) is 4.75. The molecule has 4 aliphatic rings. The molecule has 4 aliphatic carbocycles. The van der Waals surface area contributed by atoms with Crippen LogP contribution in [0.4, 0.5) is 9.18 Å². The molecule has 4 bridgehead atoms. The first-order chi connectivity index (χ1) is 17.8. The highest BCUT2D eigenvalue weighted by atomic mass is 19.1. The van der Waals surface area contributed by atoms with Crippen LogP contribution in [0.3, 0.4) is 0 Å². The van der Waals surface area contributed by atoms with E-state index in [0.29, 0.717) is 40.9 Å². The molecule has 9 nitrogen and oxygen atoms in total. The number of carbonyl (C=O) groups excluding carboxylic acids is 2. The molecule has 2 heterocycles. The summed E-state index contributed by atoms with van der Waals surface area (Å²) in [6.45, 7) is 1.80. The summed E-state index contributed by atoms with van der Waals surface area (Å²) in [5, 5.41) is 6.40. The molecule has 1 aromatic carbocycles. The van der Waals surface area contributed by atoms with E-state index in [-0.39, 0.29) is 17.6 Å². The minimum Gasteiger partial charge on any atom is -0.391 e. The Morgan fingerprint density at radius 1 is 1.00 bits per heavy atom. The van der Waals surface area contributed by atoms with E-state index >= 15 is 0 Å². The van der Waals surface area contributed by atoms with Crippen LogP contribution in [0.15, 0.2) is 49.1 Å². The number of halogens is 1. The van der Waals surface area contributed by atoms with Crippen molar-refractivity contribution in [2.45, 2.75) is 56.5 Å². The summed E-state index contributed by atoms with van der Waals surface area (Å²) in [4.78, 5) is 42.8. The maximum atomic E-state index is 13.3. The first kappa shape index (κ1) is 23.4. The largest absolute Gasteiger partial charge is 0.414 e. The van der Waals surface area contributed by atoms with E-state index in [1.165, 1.54) is 24.7 Å². The minimum absolute atomic E-state index is 0.109. The number of aryl methyl sites for hydroxylation is 1. The number of hydrogen-bond donors (Lipinski definition) is 2. The Labute approximate surface area is 213 Å². The number of amides is 2. The van der Waals surface area contributed by atoms with E-state index in [0.717, 1.165) is 32.1 Å². The zero-order chi connectivity index (χ0) is 25.6. The molecule has 2 amide bonds. The molecular weight excluding hydrogens is 475 g/mol. The molecule has 2 atom stereocenters. The first-order valence-corrected chi connectivity index (χ1v) is 12.5. The fraction of sp³-hybridized carbons (Fsp3) is 0.407. The number of ether oxygens (including phenoxy) is 1. The van der Waals surface area contributed by atoms with Crippen LogP contribution in [0.1, 0.15) is 54.7 Å². The third-order valence-corrected chi connectivity index (χ3v) is 7.77. The molecule has 0 aliphatic heterocycles. The summed E-state index contributed by atoms with van der Waals surface area (Å²) < 4.78 is 18.8. The van der Waals surface area contributed by atoms with Crippen molar-refractivity contribution in [1.29, 1.82) is 0 Å². The van der Waals surface area contributed by atoms with Crippen molar-refractivity contribution in [2.75, 3.05) is 0 Å².